The van der Waals surface area contributed by atoms with E-state index in [0.29, 0.717) is 6.07 Å². The highest BCUT2D eigenvalue weighted by Crippen LogP contribution is 2.40. The van der Waals surface area contributed by atoms with Gasteiger partial charge in [0.25, 0.3) is 9.84 Å². The highest BCUT2D eigenvalue weighted by molar-refractivity contribution is 9.10. The number of rotatable bonds is 4. The van der Waals surface area contributed by atoms with E-state index in [1.165, 1.54) is 13.8 Å². The molecule has 0 unspecified atom stereocenters. The molecule has 0 atom stereocenters. The number of hydrogen-bond acceptors (Lipinski definition) is 4. The molecule has 0 aliphatic rings. The molecule has 14 heteroatoms. The molecule has 2 aromatic rings. The van der Waals surface area contributed by atoms with Gasteiger partial charge in [0.15, 0.2) is 5.69 Å². The molecule has 0 saturated heterocycles. The van der Waals surface area contributed by atoms with Crippen molar-refractivity contribution in [2.75, 3.05) is 0 Å². The van der Waals surface area contributed by atoms with E-state index in [9.17, 15) is 39.2 Å². The van der Waals surface area contributed by atoms with E-state index in [2.05, 4.69) is 20.9 Å². The number of nitrogens with one attached hydrogen (secondary N) is 1. The van der Waals surface area contributed by atoms with Gasteiger partial charge in [0.2, 0.25) is 0 Å². The summed E-state index contributed by atoms with van der Waals surface area (Å²) in [5.74, 6) is -3.13. The summed E-state index contributed by atoms with van der Waals surface area (Å²) >= 11 is 2.55. The third kappa shape index (κ3) is 4.26. The Morgan fingerprint density at radius 1 is 1.14 bits per heavy atom. The van der Waals surface area contributed by atoms with Gasteiger partial charge in [-0.15, -0.1) is 0 Å². The first-order chi connectivity index (χ1) is 12.6. The molecular weight excluding hydrogens is 489 g/mol. The van der Waals surface area contributed by atoms with Crippen LogP contribution in [0.3, 0.4) is 0 Å². The maximum Gasteiger partial charge on any atom is 0.502 e. The van der Waals surface area contributed by atoms with E-state index in [1.54, 1.807) is 4.98 Å². The number of nitrogens with zero attached hydrogens (tertiary/aromatic N) is 1. The Bertz CT molecular complexity index is 998. The van der Waals surface area contributed by atoms with Gasteiger partial charge in [0, 0.05) is 0 Å². The van der Waals surface area contributed by atoms with Gasteiger partial charge in [-0.1, -0.05) is 0 Å². The standard InChI is InChI=1S/C14H10BrF7N2O3S/c1-5(2)27-8-3-6(12-23-10(11(15)24-12)13(17,18)19)7(16)4-9(8)28(25,26)14(20,21)22/h3-5H,1-2H3,(H,23,24). The van der Waals surface area contributed by atoms with Gasteiger partial charge >= 0.3 is 11.7 Å². The summed E-state index contributed by atoms with van der Waals surface area (Å²) in [5.41, 5.74) is -7.82. The number of sulfone groups is 1. The smallest absolute Gasteiger partial charge is 0.490 e. The average Bonchev–Trinajstić information content (AvgIpc) is 2.88. The summed E-state index contributed by atoms with van der Waals surface area (Å²) in [6.45, 7) is 2.72. The van der Waals surface area contributed by atoms with Gasteiger partial charge in [-0.2, -0.15) is 26.3 Å². The lowest BCUT2D eigenvalue weighted by molar-refractivity contribution is -0.141. The predicted octanol–water partition coefficient (Wildman–Crippen LogP) is 5.08. The Kier molecular flexibility index (Phi) is 5.78. The van der Waals surface area contributed by atoms with Crippen LogP contribution in [0.2, 0.25) is 0 Å². The average molecular weight is 499 g/mol. The fraction of sp³-hybridized carbons (Fsp3) is 0.357. The number of aromatic amines is 1. The Balaban J connectivity index is 2.74. The van der Waals surface area contributed by atoms with E-state index in [1.807, 2.05) is 0 Å². The summed E-state index contributed by atoms with van der Waals surface area (Å²) in [5, 5.41) is 0. The molecule has 0 saturated carbocycles. The van der Waals surface area contributed by atoms with Crippen LogP contribution in [0.15, 0.2) is 21.6 Å². The predicted molar refractivity (Wildman–Crippen MR) is 85.7 cm³/mol. The van der Waals surface area contributed by atoms with Crippen molar-refractivity contribution in [1.29, 1.82) is 0 Å². The third-order valence-corrected chi connectivity index (χ3v) is 5.27. The number of ether oxygens (including phenoxy) is 1. The topological polar surface area (TPSA) is 72.0 Å². The number of hydrogen-bond donors (Lipinski definition) is 1. The summed E-state index contributed by atoms with van der Waals surface area (Å²) in [6.07, 6.45) is -5.70. The van der Waals surface area contributed by atoms with Gasteiger partial charge in [-0.25, -0.2) is 17.8 Å². The number of halogens is 8. The molecular formula is C14H10BrF7N2O3S. The maximum absolute atomic E-state index is 14.4. The minimum atomic E-state index is -5.99. The molecule has 28 heavy (non-hydrogen) atoms. The second-order valence-corrected chi connectivity index (χ2v) is 8.30. The molecule has 0 spiro atoms. The summed E-state index contributed by atoms with van der Waals surface area (Å²) in [4.78, 5) is 3.74. The Morgan fingerprint density at radius 3 is 2.14 bits per heavy atom. The van der Waals surface area contributed by atoms with Crippen LogP contribution < -0.4 is 4.74 Å². The fourth-order valence-electron chi connectivity index (χ4n) is 2.06. The van der Waals surface area contributed by atoms with Crippen molar-refractivity contribution in [2.45, 2.75) is 36.5 Å². The zero-order valence-electron chi connectivity index (χ0n) is 13.8. The van der Waals surface area contributed by atoms with E-state index in [0.717, 1.165) is 0 Å². The number of benzene rings is 1. The van der Waals surface area contributed by atoms with Gasteiger partial charge in [-0.3, -0.25) is 0 Å². The highest BCUT2D eigenvalue weighted by Gasteiger charge is 2.49. The molecule has 1 aromatic carbocycles. The number of H-pyrrole nitrogens is 1. The van der Waals surface area contributed by atoms with Crippen LogP contribution in [0.1, 0.15) is 19.5 Å². The molecule has 1 N–H and O–H groups in total. The van der Waals surface area contributed by atoms with Gasteiger partial charge in [-0.05, 0) is 41.9 Å². The van der Waals surface area contributed by atoms with Crippen LogP contribution in [0.25, 0.3) is 11.4 Å². The van der Waals surface area contributed by atoms with Crippen LogP contribution >= 0.6 is 15.9 Å². The first-order valence-electron chi connectivity index (χ1n) is 7.20. The molecule has 1 heterocycles. The molecule has 2 rings (SSSR count). The van der Waals surface area contributed by atoms with Crippen molar-refractivity contribution >= 4 is 25.8 Å². The molecule has 0 fully saturated rings. The van der Waals surface area contributed by atoms with Gasteiger partial charge in [0.1, 0.15) is 26.9 Å². The quantitative estimate of drug-likeness (QED) is 0.596. The number of aromatic nitrogens is 2. The van der Waals surface area contributed by atoms with Crippen LogP contribution in [0.4, 0.5) is 30.7 Å². The van der Waals surface area contributed by atoms with E-state index >= 15 is 0 Å². The zero-order valence-corrected chi connectivity index (χ0v) is 16.2. The largest absolute Gasteiger partial charge is 0.502 e. The monoisotopic (exact) mass is 498 g/mol. The normalized spacial score (nSPS) is 13.2. The Hall–Kier alpha value is -1.83. The lowest BCUT2D eigenvalue weighted by Crippen LogP contribution is -2.24. The van der Waals surface area contributed by atoms with Gasteiger partial charge < -0.3 is 9.72 Å². The molecule has 156 valence electrons. The number of alkyl halides is 6. The first-order valence-corrected chi connectivity index (χ1v) is 9.48. The number of imidazole rings is 1. The lowest BCUT2D eigenvalue weighted by atomic mass is 10.2. The van der Waals surface area contributed by atoms with Crippen molar-refractivity contribution < 1.29 is 43.9 Å². The van der Waals surface area contributed by atoms with Crippen molar-refractivity contribution in [2.24, 2.45) is 0 Å². The van der Waals surface area contributed by atoms with Crippen LogP contribution in [-0.4, -0.2) is 30.0 Å². The van der Waals surface area contributed by atoms with Crippen LogP contribution in [0.5, 0.6) is 5.75 Å². The van der Waals surface area contributed by atoms with Crippen molar-refractivity contribution in [3.63, 3.8) is 0 Å². The zero-order chi connectivity index (χ0) is 21.7. The van der Waals surface area contributed by atoms with Crippen molar-refractivity contribution in [3.05, 3.63) is 28.2 Å². The molecule has 0 aliphatic heterocycles. The summed E-state index contributed by atoms with van der Waals surface area (Å²) in [6, 6.07) is 0.568. The minimum absolute atomic E-state index is 0.0273. The molecule has 0 amide bonds. The van der Waals surface area contributed by atoms with Crippen LogP contribution in [-0.2, 0) is 16.0 Å². The molecule has 0 aliphatic carbocycles. The SMILES string of the molecule is CC(C)Oc1cc(-c2nc(Br)c(C(F)(F)F)[nH]2)c(F)cc1S(=O)(=O)C(F)(F)F. The minimum Gasteiger partial charge on any atom is -0.490 e. The Morgan fingerprint density at radius 2 is 1.71 bits per heavy atom. The molecule has 0 bridgehead atoms. The Labute approximate surface area is 162 Å². The first kappa shape index (κ1) is 22.5. The lowest BCUT2D eigenvalue weighted by Gasteiger charge is -2.17. The van der Waals surface area contributed by atoms with E-state index in [-0.39, 0.29) is 6.07 Å². The van der Waals surface area contributed by atoms with Crippen LogP contribution in [0, 0.1) is 5.82 Å². The fourth-order valence-corrected chi connectivity index (χ4v) is 3.45. The molecule has 0 radical (unpaired) electrons. The molecule has 5 nitrogen and oxygen atoms in total. The van der Waals surface area contributed by atoms with Gasteiger partial charge in [0.05, 0.1) is 11.7 Å². The highest BCUT2D eigenvalue weighted by atomic mass is 79.9. The second kappa shape index (κ2) is 7.21. The van der Waals surface area contributed by atoms with E-state index < -0.39 is 65.8 Å². The summed E-state index contributed by atoms with van der Waals surface area (Å²) in [7, 11) is -5.99. The third-order valence-electron chi connectivity index (χ3n) is 3.19. The maximum atomic E-state index is 14.4. The summed E-state index contributed by atoms with van der Waals surface area (Å²) < 4.78 is 119. The second-order valence-electron chi connectivity index (χ2n) is 5.64. The van der Waals surface area contributed by atoms with Crippen molar-refractivity contribution in [1.82, 2.24) is 9.97 Å². The van der Waals surface area contributed by atoms with E-state index in [4.69, 9.17) is 4.74 Å². The van der Waals surface area contributed by atoms with Crippen molar-refractivity contribution in [3.8, 4) is 17.1 Å². The molecule has 1 aromatic heterocycles.